The second-order valence-electron chi connectivity index (χ2n) is 6.34. The molecule has 5 nitrogen and oxygen atoms in total. The predicted molar refractivity (Wildman–Crippen MR) is 87.0 cm³/mol. The number of ether oxygens (including phenoxy) is 1. The molecule has 120 valence electrons. The Morgan fingerprint density at radius 3 is 2.50 bits per heavy atom. The zero-order chi connectivity index (χ0) is 16.2. The van der Waals surface area contributed by atoms with Crippen LogP contribution in [-0.2, 0) is 6.54 Å². The first-order valence-corrected chi connectivity index (χ1v) is 7.51. The smallest absolute Gasteiger partial charge is 0.238 e. The Morgan fingerprint density at radius 2 is 1.95 bits per heavy atom. The fraction of sp³-hybridized carbons (Fsp3) is 0.438. The molecule has 2 N–H and O–H groups in total. The van der Waals surface area contributed by atoms with Crippen LogP contribution >= 0.6 is 11.6 Å². The number of imidazole rings is 1. The molecule has 1 aromatic carbocycles. The number of aromatic nitrogens is 2. The maximum atomic E-state index is 10.9. The molecule has 1 atom stereocenters. The molecule has 1 heterocycles. The molecule has 0 saturated carbocycles. The first-order chi connectivity index (χ1) is 10.3. The molecule has 0 aliphatic heterocycles. The van der Waals surface area contributed by atoms with E-state index in [1.54, 1.807) is 47.6 Å². The van der Waals surface area contributed by atoms with Crippen LogP contribution in [0, 0.1) is 0 Å². The summed E-state index contributed by atoms with van der Waals surface area (Å²) in [6.45, 7) is 6.64. The summed E-state index contributed by atoms with van der Waals surface area (Å²) in [5.74, 6) is -0.843. The number of rotatable bonds is 6. The fourth-order valence-corrected chi connectivity index (χ4v) is 2.04. The zero-order valence-electron chi connectivity index (χ0n) is 13.1. The summed E-state index contributed by atoms with van der Waals surface area (Å²) >= 11 is 5.88. The maximum Gasteiger partial charge on any atom is 0.238 e. The van der Waals surface area contributed by atoms with Crippen LogP contribution in [0.1, 0.15) is 20.8 Å². The second-order valence-corrected chi connectivity index (χ2v) is 6.78. The SMILES string of the molecule is CC(C)(C)NCC(O)(Cn1ccnc1)Oc1ccc(Cl)cc1. The highest BCUT2D eigenvalue weighted by Gasteiger charge is 2.31. The first-order valence-electron chi connectivity index (χ1n) is 7.14. The molecular formula is C16H22ClN3O2. The van der Waals surface area contributed by atoms with E-state index in [0.717, 1.165) is 0 Å². The summed E-state index contributed by atoms with van der Waals surface area (Å²) in [6, 6.07) is 6.92. The standard InChI is InChI=1S/C16H22ClN3O2/c1-15(2,3)19-10-16(21,11-20-9-8-18-12-20)22-14-6-4-13(17)5-7-14/h4-9,12,19,21H,10-11H2,1-3H3. The number of nitrogens with zero attached hydrogens (tertiary/aromatic N) is 2. The molecule has 2 aromatic rings. The average molecular weight is 324 g/mol. The van der Waals surface area contributed by atoms with Gasteiger partial charge in [0.15, 0.2) is 0 Å². The largest absolute Gasteiger partial charge is 0.459 e. The lowest BCUT2D eigenvalue weighted by Crippen LogP contribution is -2.53. The fourth-order valence-electron chi connectivity index (χ4n) is 1.92. The van der Waals surface area contributed by atoms with E-state index in [1.807, 2.05) is 20.8 Å². The Labute approximate surface area is 135 Å². The van der Waals surface area contributed by atoms with Gasteiger partial charge in [-0.3, -0.25) is 0 Å². The van der Waals surface area contributed by atoms with Crippen molar-refractivity contribution in [3.8, 4) is 5.75 Å². The summed E-state index contributed by atoms with van der Waals surface area (Å²) in [5.41, 5.74) is -0.133. The van der Waals surface area contributed by atoms with Gasteiger partial charge in [-0.05, 0) is 45.0 Å². The molecule has 1 unspecified atom stereocenters. The van der Waals surface area contributed by atoms with E-state index in [0.29, 0.717) is 10.8 Å². The Morgan fingerprint density at radius 1 is 1.27 bits per heavy atom. The molecule has 0 saturated heterocycles. The van der Waals surface area contributed by atoms with Crippen molar-refractivity contribution in [2.75, 3.05) is 6.54 Å². The van der Waals surface area contributed by atoms with Crippen molar-refractivity contribution in [2.45, 2.75) is 38.6 Å². The number of benzene rings is 1. The molecule has 1 aromatic heterocycles. The third-order valence-electron chi connectivity index (χ3n) is 3.01. The van der Waals surface area contributed by atoms with Gasteiger partial charge in [0.2, 0.25) is 5.79 Å². The van der Waals surface area contributed by atoms with E-state index >= 15 is 0 Å². The van der Waals surface area contributed by atoms with Crippen LogP contribution in [0.25, 0.3) is 0 Å². The van der Waals surface area contributed by atoms with Gasteiger partial charge in [-0.25, -0.2) is 4.98 Å². The van der Waals surface area contributed by atoms with Gasteiger partial charge in [0.1, 0.15) is 5.75 Å². The lowest BCUT2D eigenvalue weighted by atomic mass is 10.1. The summed E-state index contributed by atoms with van der Waals surface area (Å²) in [5, 5.41) is 14.8. The third-order valence-corrected chi connectivity index (χ3v) is 3.26. The van der Waals surface area contributed by atoms with Crippen molar-refractivity contribution in [1.29, 1.82) is 0 Å². The summed E-state index contributed by atoms with van der Waals surface area (Å²) in [6.07, 6.45) is 5.10. The lowest BCUT2D eigenvalue weighted by Gasteiger charge is -2.33. The van der Waals surface area contributed by atoms with Gasteiger partial charge in [-0.15, -0.1) is 0 Å². The van der Waals surface area contributed by atoms with Crippen LogP contribution in [0.3, 0.4) is 0 Å². The molecule has 0 bridgehead atoms. The highest BCUT2D eigenvalue weighted by Crippen LogP contribution is 2.21. The Hall–Kier alpha value is -1.56. The van der Waals surface area contributed by atoms with Crippen LogP contribution in [0.4, 0.5) is 0 Å². The first kappa shape index (κ1) is 16.8. The van der Waals surface area contributed by atoms with Gasteiger partial charge in [-0.2, -0.15) is 0 Å². The topological polar surface area (TPSA) is 59.3 Å². The van der Waals surface area contributed by atoms with Crippen LogP contribution in [0.5, 0.6) is 5.75 Å². The van der Waals surface area contributed by atoms with E-state index < -0.39 is 5.79 Å². The number of aliphatic hydroxyl groups is 1. The van der Waals surface area contributed by atoms with Gasteiger partial charge in [-0.1, -0.05) is 11.6 Å². The molecule has 0 amide bonds. The molecule has 0 aliphatic rings. The van der Waals surface area contributed by atoms with Crippen molar-refractivity contribution in [2.24, 2.45) is 0 Å². The van der Waals surface area contributed by atoms with Crippen LogP contribution < -0.4 is 10.1 Å². The van der Waals surface area contributed by atoms with Gasteiger partial charge >= 0.3 is 0 Å². The van der Waals surface area contributed by atoms with Crippen molar-refractivity contribution in [3.63, 3.8) is 0 Å². The molecule has 0 fully saturated rings. The minimum Gasteiger partial charge on any atom is -0.459 e. The molecule has 22 heavy (non-hydrogen) atoms. The van der Waals surface area contributed by atoms with Gasteiger partial charge < -0.3 is 19.7 Å². The van der Waals surface area contributed by atoms with Gasteiger partial charge in [0, 0.05) is 23.0 Å². The van der Waals surface area contributed by atoms with Crippen LogP contribution in [0.2, 0.25) is 5.02 Å². The Bertz CT molecular complexity index is 578. The maximum absolute atomic E-state index is 10.9. The van der Waals surface area contributed by atoms with E-state index in [-0.39, 0.29) is 18.6 Å². The van der Waals surface area contributed by atoms with Gasteiger partial charge in [0.25, 0.3) is 0 Å². The highest BCUT2D eigenvalue weighted by molar-refractivity contribution is 6.30. The third kappa shape index (κ3) is 5.33. The number of β-amino-alcohol motifs (C(OH)–C–C–N with tert-alkyl or cyclic N) is 1. The zero-order valence-corrected chi connectivity index (χ0v) is 13.8. The number of hydrogen-bond acceptors (Lipinski definition) is 4. The van der Waals surface area contributed by atoms with E-state index in [2.05, 4.69) is 10.3 Å². The van der Waals surface area contributed by atoms with Crippen molar-refractivity contribution >= 4 is 11.6 Å². The van der Waals surface area contributed by atoms with Crippen LogP contribution in [-0.4, -0.2) is 32.5 Å². The minimum atomic E-state index is -1.40. The predicted octanol–water partition coefficient (Wildman–Crippen LogP) is 2.69. The van der Waals surface area contributed by atoms with Crippen molar-refractivity contribution < 1.29 is 9.84 Å². The normalized spacial score (nSPS) is 14.6. The van der Waals surface area contributed by atoms with Crippen molar-refractivity contribution in [1.82, 2.24) is 14.9 Å². The summed E-state index contributed by atoms with van der Waals surface area (Å²) in [4.78, 5) is 3.99. The molecule has 6 heteroatoms. The van der Waals surface area contributed by atoms with E-state index in [9.17, 15) is 5.11 Å². The molecule has 0 radical (unpaired) electrons. The highest BCUT2D eigenvalue weighted by atomic mass is 35.5. The molecular weight excluding hydrogens is 302 g/mol. The number of hydrogen-bond donors (Lipinski definition) is 2. The summed E-state index contributed by atoms with van der Waals surface area (Å²) < 4.78 is 7.59. The summed E-state index contributed by atoms with van der Waals surface area (Å²) in [7, 11) is 0. The lowest BCUT2D eigenvalue weighted by molar-refractivity contribution is -0.147. The Balaban J connectivity index is 2.14. The Kier molecular flexibility index (Phi) is 5.11. The molecule has 0 spiro atoms. The number of nitrogens with one attached hydrogen (secondary N) is 1. The quantitative estimate of drug-likeness (QED) is 0.802. The second kappa shape index (κ2) is 6.69. The van der Waals surface area contributed by atoms with E-state index in [4.69, 9.17) is 16.3 Å². The molecule has 2 rings (SSSR count). The van der Waals surface area contributed by atoms with Gasteiger partial charge in [0.05, 0.1) is 19.4 Å². The van der Waals surface area contributed by atoms with Crippen LogP contribution in [0.15, 0.2) is 43.0 Å². The molecule has 0 aliphatic carbocycles. The van der Waals surface area contributed by atoms with Crippen molar-refractivity contribution in [3.05, 3.63) is 48.0 Å². The monoisotopic (exact) mass is 323 g/mol. The van der Waals surface area contributed by atoms with E-state index in [1.165, 1.54) is 0 Å². The average Bonchev–Trinajstić information content (AvgIpc) is 2.91. The number of halogens is 1. The minimum absolute atomic E-state index is 0.133.